The van der Waals surface area contributed by atoms with Crippen LogP contribution in [0.3, 0.4) is 0 Å². The number of aromatic nitrogens is 1. The molecule has 0 amide bonds. The second kappa shape index (κ2) is 6.37. The van der Waals surface area contributed by atoms with E-state index in [1.807, 2.05) is 0 Å². The van der Waals surface area contributed by atoms with Crippen molar-refractivity contribution < 1.29 is 19.0 Å². The van der Waals surface area contributed by atoms with Crippen LogP contribution < -0.4 is 10.5 Å². The van der Waals surface area contributed by atoms with Crippen molar-refractivity contribution in [3.63, 3.8) is 0 Å². The summed E-state index contributed by atoms with van der Waals surface area (Å²) in [4.78, 5) is 14.6. The lowest BCUT2D eigenvalue weighted by atomic mass is 10.0. The maximum atomic E-state index is 13.7. The molecule has 0 aliphatic rings. The van der Waals surface area contributed by atoms with Gasteiger partial charge < -0.3 is 15.6 Å². The van der Waals surface area contributed by atoms with Crippen LogP contribution >= 0.6 is 23.2 Å². The Hall–Kier alpha value is -2.05. The molecule has 0 bridgehead atoms. The Balaban J connectivity index is 2.59. The number of carboxylic acid groups (broad SMARTS) is 1. The van der Waals surface area contributed by atoms with E-state index in [2.05, 4.69) is 9.72 Å². The maximum absolute atomic E-state index is 13.7. The van der Waals surface area contributed by atoms with Crippen molar-refractivity contribution in [2.45, 2.75) is 13.1 Å². The Morgan fingerprint density at radius 1 is 1.41 bits per heavy atom. The molecule has 1 heterocycles. The van der Waals surface area contributed by atoms with Crippen molar-refractivity contribution in [1.82, 2.24) is 4.98 Å². The zero-order valence-electron chi connectivity index (χ0n) is 11.3. The molecule has 0 saturated heterocycles. The summed E-state index contributed by atoms with van der Waals surface area (Å²) in [7, 11) is 0. The van der Waals surface area contributed by atoms with E-state index in [1.165, 1.54) is 25.1 Å². The first-order valence-corrected chi connectivity index (χ1v) is 6.86. The van der Waals surface area contributed by atoms with Gasteiger partial charge in [-0.15, -0.1) is 0 Å². The van der Waals surface area contributed by atoms with E-state index in [0.29, 0.717) is 5.56 Å². The molecule has 0 aliphatic carbocycles. The minimum Gasteiger partial charge on any atom is -0.449 e. The predicted molar refractivity (Wildman–Crippen MR) is 82.3 cm³/mol. The molecule has 0 fully saturated rings. The number of ether oxygens (including phenoxy) is 1. The number of hydrogen-bond donors (Lipinski definition) is 2. The second-order valence-electron chi connectivity index (χ2n) is 4.43. The van der Waals surface area contributed by atoms with Crippen molar-refractivity contribution >= 4 is 35.0 Å². The minimum absolute atomic E-state index is 0.0851. The van der Waals surface area contributed by atoms with Crippen molar-refractivity contribution in [3.8, 4) is 17.1 Å². The Bertz CT molecular complexity index is 738. The van der Waals surface area contributed by atoms with E-state index in [9.17, 15) is 9.18 Å². The summed E-state index contributed by atoms with van der Waals surface area (Å²) in [5, 5.41) is 8.91. The average Bonchev–Trinajstić information content (AvgIpc) is 2.36. The van der Waals surface area contributed by atoms with Gasteiger partial charge in [-0.1, -0.05) is 23.2 Å². The van der Waals surface area contributed by atoms with Crippen molar-refractivity contribution in [3.05, 3.63) is 39.9 Å². The lowest BCUT2D eigenvalue weighted by Gasteiger charge is -2.13. The van der Waals surface area contributed by atoms with Gasteiger partial charge in [-0.05, 0) is 25.1 Å². The van der Waals surface area contributed by atoms with Gasteiger partial charge in [0.2, 0.25) is 5.88 Å². The lowest BCUT2D eigenvalue weighted by molar-refractivity contribution is 0.142. The van der Waals surface area contributed by atoms with Gasteiger partial charge in [-0.25, -0.2) is 14.2 Å². The molecule has 116 valence electrons. The first-order chi connectivity index (χ1) is 10.3. The summed E-state index contributed by atoms with van der Waals surface area (Å²) in [5.74, 6) is -0.205. The highest BCUT2D eigenvalue weighted by atomic mass is 35.5. The van der Waals surface area contributed by atoms with Gasteiger partial charge in [-0.2, -0.15) is 0 Å². The molecular weight excluding hydrogens is 334 g/mol. The van der Waals surface area contributed by atoms with Crippen LogP contribution in [0.15, 0.2) is 24.3 Å². The van der Waals surface area contributed by atoms with Gasteiger partial charge in [0.05, 0.1) is 10.7 Å². The molecular formula is C14H11Cl2FN2O3. The Labute approximate surface area is 135 Å². The number of carbonyl (C=O) groups is 1. The molecule has 1 unspecified atom stereocenters. The van der Waals surface area contributed by atoms with Crippen LogP contribution in [0, 0.1) is 0 Å². The Morgan fingerprint density at radius 2 is 2.09 bits per heavy atom. The van der Waals surface area contributed by atoms with E-state index in [4.69, 9.17) is 34.0 Å². The maximum Gasteiger partial charge on any atom is 0.512 e. The molecule has 5 nitrogen and oxygen atoms in total. The van der Waals surface area contributed by atoms with Gasteiger partial charge in [0.1, 0.15) is 6.17 Å². The number of hydrogen-bond acceptors (Lipinski definition) is 4. The summed E-state index contributed by atoms with van der Waals surface area (Å²) < 4.78 is 18.1. The minimum atomic E-state index is -1.52. The zero-order chi connectivity index (χ0) is 16.4. The number of nitrogens with two attached hydrogens (primary N) is 1. The molecule has 22 heavy (non-hydrogen) atoms. The summed E-state index contributed by atoms with van der Waals surface area (Å²) in [6.07, 6.45) is -2.90. The predicted octanol–water partition coefficient (Wildman–Crippen LogP) is 4.72. The van der Waals surface area contributed by atoms with Crippen molar-refractivity contribution in [2.75, 3.05) is 5.73 Å². The smallest absolute Gasteiger partial charge is 0.449 e. The normalized spacial score (nSPS) is 12.0. The third kappa shape index (κ3) is 3.40. The van der Waals surface area contributed by atoms with E-state index < -0.39 is 12.3 Å². The van der Waals surface area contributed by atoms with E-state index in [-0.39, 0.29) is 32.9 Å². The number of benzene rings is 1. The molecule has 0 saturated carbocycles. The largest absolute Gasteiger partial charge is 0.512 e. The van der Waals surface area contributed by atoms with Crippen LogP contribution in [-0.4, -0.2) is 16.2 Å². The molecule has 2 rings (SSSR count). The number of nitrogen functional groups attached to an aromatic ring is 1. The molecule has 1 aromatic heterocycles. The lowest BCUT2D eigenvalue weighted by Crippen LogP contribution is -2.05. The van der Waals surface area contributed by atoms with Gasteiger partial charge in [0.25, 0.3) is 0 Å². The molecule has 0 aliphatic heterocycles. The molecule has 1 aromatic carbocycles. The quantitative estimate of drug-likeness (QED) is 0.786. The van der Waals surface area contributed by atoms with Crippen LogP contribution in [0.1, 0.15) is 18.7 Å². The van der Waals surface area contributed by atoms with Crippen LogP contribution in [0.2, 0.25) is 10.0 Å². The summed E-state index contributed by atoms with van der Waals surface area (Å²) in [6.45, 7) is 1.31. The summed E-state index contributed by atoms with van der Waals surface area (Å²) in [5.41, 5.74) is 6.67. The van der Waals surface area contributed by atoms with Crippen molar-refractivity contribution in [2.24, 2.45) is 0 Å². The summed E-state index contributed by atoms with van der Waals surface area (Å²) >= 11 is 12.1. The van der Waals surface area contributed by atoms with Crippen LogP contribution in [0.4, 0.5) is 14.9 Å². The van der Waals surface area contributed by atoms with Crippen LogP contribution in [0.25, 0.3) is 11.3 Å². The highest BCUT2D eigenvalue weighted by Crippen LogP contribution is 2.39. The number of anilines is 1. The molecule has 0 spiro atoms. The van der Waals surface area contributed by atoms with Gasteiger partial charge >= 0.3 is 6.16 Å². The highest BCUT2D eigenvalue weighted by Gasteiger charge is 2.18. The fourth-order valence-electron chi connectivity index (χ4n) is 1.94. The number of alkyl halides is 1. The fourth-order valence-corrected chi connectivity index (χ4v) is 2.71. The Morgan fingerprint density at radius 3 is 2.68 bits per heavy atom. The fraction of sp³-hybridized carbons (Fsp3) is 0.143. The molecule has 1 atom stereocenters. The highest BCUT2D eigenvalue weighted by molar-refractivity contribution is 6.37. The molecule has 0 radical (unpaired) electrons. The van der Waals surface area contributed by atoms with Crippen LogP contribution in [0.5, 0.6) is 5.88 Å². The standard InChI is InChI=1S/C14H11Cl2FN2O3/c1-6(17)12-9(15)3-2-8(13(12)16)10-4-7(18)5-11(19-10)22-14(20)21/h2-6H,1H3,(H2,18,19)(H,20,21). The number of rotatable bonds is 3. The van der Waals surface area contributed by atoms with Crippen molar-refractivity contribution in [1.29, 1.82) is 0 Å². The third-order valence-electron chi connectivity index (χ3n) is 2.82. The third-order valence-corrected chi connectivity index (χ3v) is 3.55. The molecule has 8 heteroatoms. The van der Waals surface area contributed by atoms with E-state index in [1.54, 1.807) is 6.07 Å². The topological polar surface area (TPSA) is 85.4 Å². The second-order valence-corrected chi connectivity index (χ2v) is 5.22. The summed E-state index contributed by atoms with van der Waals surface area (Å²) in [6, 6.07) is 5.75. The zero-order valence-corrected chi connectivity index (χ0v) is 12.8. The number of halogens is 3. The first-order valence-electron chi connectivity index (χ1n) is 6.10. The molecule has 3 N–H and O–H groups in total. The van der Waals surface area contributed by atoms with Gasteiger partial charge in [0.15, 0.2) is 0 Å². The molecule has 2 aromatic rings. The average molecular weight is 345 g/mol. The van der Waals surface area contributed by atoms with E-state index in [0.717, 1.165) is 0 Å². The van der Waals surface area contributed by atoms with E-state index >= 15 is 0 Å². The number of nitrogens with zero attached hydrogens (tertiary/aromatic N) is 1. The SMILES string of the molecule is CC(F)c1c(Cl)ccc(-c2cc(N)cc(OC(=O)O)n2)c1Cl. The van der Waals surface area contributed by atoms with Crippen LogP contribution in [-0.2, 0) is 0 Å². The number of pyridine rings is 1. The monoisotopic (exact) mass is 344 g/mol. The van der Waals surface area contributed by atoms with Gasteiger partial charge in [-0.3, -0.25) is 0 Å². The first kappa shape index (κ1) is 16.3. The van der Waals surface area contributed by atoms with Gasteiger partial charge in [0, 0.05) is 27.9 Å². The Kier molecular flexibility index (Phi) is 4.73.